The molecule has 236 valence electrons. The summed E-state index contributed by atoms with van der Waals surface area (Å²) in [6.07, 6.45) is -0.723. The normalized spacial score (nSPS) is 13.0. The zero-order chi connectivity index (χ0) is 31.5. The number of amides is 2. The van der Waals surface area contributed by atoms with Gasteiger partial charge in [0.25, 0.3) is 0 Å². The molecule has 0 saturated carbocycles. The van der Waals surface area contributed by atoms with E-state index in [0.29, 0.717) is 62.0 Å². The third-order valence-electron chi connectivity index (χ3n) is 7.30. The van der Waals surface area contributed by atoms with Crippen molar-refractivity contribution in [2.75, 3.05) is 51.6 Å². The Labute approximate surface area is 257 Å². The van der Waals surface area contributed by atoms with Crippen molar-refractivity contribution in [1.82, 2.24) is 20.3 Å². The number of benzene rings is 2. The second kappa shape index (κ2) is 16.2. The summed E-state index contributed by atoms with van der Waals surface area (Å²) >= 11 is 0. The number of hydrogen-bond acceptors (Lipinski definition) is 9. The fourth-order valence-electron chi connectivity index (χ4n) is 4.88. The van der Waals surface area contributed by atoms with E-state index in [-0.39, 0.29) is 49.5 Å². The molecule has 1 aliphatic rings. The maximum absolute atomic E-state index is 13.7. The van der Waals surface area contributed by atoms with E-state index in [0.717, 1.165) is 11.1 Å². The number of fused-ring (bicyclic) bond motifs is 5. The average molecular weight is 608 g/mol. The van der Waals surface area contributed by atoms with Crippen LogP contribution in [0.15, 0.2) is 48.5 Å². The van der Waals surface area contributed by atoms with E-state index in [1.165, 1.54) is 4.68 Å². The Morgan fingerprint density at radius 1 is 0.932 bits per heavy atom. The smallest absolute Gasteiger partial charge is 0.227 e. The number of hydrogen-bond donors (Lipinski definition) is 2. The number of nitrogens with zero attached hydrogens (tertiary/aromatic N) is 4. The minimum Gasteiger partial charge on any atom is -0.382 e. The van der Waals surface area contributed by atoms with Crippen LogP contribution in [0.4, 0.5) is 5.69 Å². The van der Waals surface area contributed by atoms with Crippen LogP contribution in [0.3, 0.4) is 0 Å². The third-order valence-corrected chi connectivity index (χ3v) is 7.30. The number of aliphatic hydroxyl groups is 1. The van der Waals surface area contributed by atoms with Crippen molar-refractivity contribution < 1.29 is 33.7 Å². The quantitative estimate of drug-likeness (QED) is 0.235. The molecule has 12 heteroatoms. The molecule has 2 N–H and O–H groups in total. The first-order valence-electron chi connectivity index (χ1n) is 14.9. The summed E-state index contributed by atoms with van der Waals surface area (Å²) in [7, 11) is 1.58. The lowest BCUT2D eigenvalue weighted by molar-refractivity contribution is -0.125. The first-order valence-corrected chi connectivity index (χ1v) is 14.9. The SMILES string of the molecule is COCCOCC(O)n1nnc2c1-c1ccccc1CN(C(=O)CCC(=O)NCCOCCC(=O)C(C)C)c1ccccc1-2. The summed E-state index contributed by atoms with van der Waals surface area (Å²) in [5, 5.41) is 22.5. The van der Waals surface area contributed by atoms with Crippen LogP contribution in [0.2, 0.25) is 0 Å². The molecule has 0 saturated heterocycles. The van der Waals surface area contributed by atoms with Crippen LogP contribution in [0.5, 0.6) is 0 Å². The molecule has 1 aliphatic heterocycles. The summed E-state index contributed by atoms with van der Waals surface area (Å²) in [5.74, 6) is -0.353. The molecule has 12 nitrogen and oxygen atoms in total. The molecule has 1 unspecified atom stereocenters. The largest absolute Gasteiger partial charge is 0.382 e. The van der Waals surface area contributed by atoms with Crippen molar-refractivity contribution in [3.8, 4) is 22.5 Å². The third kappa shape index (κ3) is 8.35. The summed E-state index contributed by atoms with van der Waals surface area (Å²) in [5.41, 5.74) is 4.08. The number of methoxy groups -OCH3 is 1. The molecule has 2 aromatic carbocycles. The van der Waals surface area contributed by atoms with Gasteiger partial charge in [-0.25, -0.2) is 4.68 Å². The van der Waals surface area contributed by atoms with Crippen LogP contribution in [0.25, 0.3) is 22.5 Å². The van der Waals surface area contributed by atoms with E-state index in [2.05, 4.69) is 15.6 Å². The number of rotatable bonds is 16. The van der Waals surface area contributed by atoms with Gasteiger partial charge in [0.2, 0.25) is 11.8 Å². The Kier molecular flexibility index (Phi) is 12.1. The predicted molar refractivity (Wildman–Crippen MR) is 164 cm³/mol. The van der Waals surface area contributed by atoms with Gasteiger partial charge in [0.1, 0.15) is 17.2 Å². The lowest BCUT2D eigenvalue weighted by Gasteiger charge is -2.29. The molecule has 44 heavy (non-hydrogen) atoms. The first-order chi connectivity index (χ1) is 21.3. The van der Waals surface area contributed by atoms with Crippen LogP contribution >= 0.6 is 0 Å². The number of carbonyl (C=O) groups is 3. The molecule has 2 heterocycles. The topological polar surface area (TPSA) is 145 Å². The Bertz CT molecular complexity index is 1420. The van der Waals surface area contributed by atoms with E-state index in [4.69, 9.17) is 14.2 Å². The molecule has 2 amide bonds. The van der Waals surface area contributed by atoms with Crippen LogP contribution in [0, 0.1) is 5.92 Å². The predicted octanol–water partition coefficient (Wildman–Crippen LogP) is 3.14. The number of carbonyl (C=O) groups excluding carboxylic acids is 3. The summed E-state index contributed by atoms with van der Waals surface area (Å²) < 4.78 is 17.5. The molecule has 3 aromatic rings. The average Bonchev–Trinajstić information content (AvgIpc) is 3.46. The summed E-state index contributed by atoms with van der Waals surface area (Å²) in [4.78, 5) is 39.5. The van der Waals surface area contributed by atoms with Crippen LogP contribution in [-0.4, -0.2) is 84.4 Å². The van der Waals surface area contributed by atoms with Crippen molar-refractivity contribution in [2.45, 2.75) is 45.9 Å². The zero-order valence-corrected chi connectivity index (χ0v) is 25.5. The van der Waals surface area contributed by atoms with E-state index in [1.807, 2.05) is 62.4 Å². The van der Waals surface area contributed by atoms with E-state index in [1.54, 1.807) is 12.0 Å². The monoisotopic (exact) mass is 607 g/mol. The van der Waals surface area contributed by atoms with Gasteiger partial charge in [-0.3, -0.25) is 14.4 Å². The van der Waals surface area contributed by atoms with Crippen LogP contribution in [0.1, 0.15) is 44.9 Å². The van der Waals surface area contributed by atoms with E-state index < -0.39 is 6.23 Å². The van der Waals surface area contributed by atoms with Crippen molar-refractivity contribution >= 4 is 23.3 Å². The van der Waals surface area contributed by atoms with Gasteiger partial charge in [-0.05, 0) is 11.6 Å². The molecule has 0 radical (unpaired) electrons. The van der Waals surface area contributed by atoms with E-state index >= 15 is 0 Å². The van der Waals surface area contributed by atoms with Crippen molar-refractivity contribution in [1.29, 1.82) is 0 Å². The first kappa shape index (κ1) is 32.9. The Morgan fingerprint density at radius 3 is 2.45 bits per heavy atom. The standard InChI is InChI=1S/C32H41N5O7/c1-22(2)27(38)14-16-43-17-15-33-28(39)12-13-29(40)36-20-23-8-4-5-9-24(23)32-31(25-10-6-7-11-26(25)36)34-35-37(32)30(41)21-44-19-18-42-3/h4-11,22,30,41H,12-21H2,1-3H3,(H,33,39). The highest BCUT2D eigenvalue weighted by atomic mass is 16.5. The second-order valence-corrected chi connectivity index (χ2v) is 10.8. The van der Waals surface area contributed by atoms with Gasteiger partial charge in [0.05, 0.1) is 45.3 Å². The summed E-state index contributed by atoms with van der Waals surface area (Å²) in [6, 6.07) is 15.0. The molecule has 0 aliphatic carbocycles. The van der Waals surface area contributed by atoms with Crippen LogP contribution < -0.4 is 10.2 Å². The Hall–Kier alpha value is -3.97. The van der Waals surface area contributed by atoms with Gasteiger partial charge in [-0.1, -0.05) is 61.5 Å². The lowest BCUT2D eigenvalue weighted by Crippen LogP contribution is -2.34. The number of aliphatic hydroxyl groups excluding tert-OH is 1. The van der Waals surface area contributed by atoms with Crippen LogP contribution in [-0.2, 0) is 35.1 Å². The Balaban J connectivity index is 1.47. The highest BCUT2D eigenvalue weighted by Crippen LogP contribution is 2.41. The maximum atomic E-state index is 13.7. The number of anilines is 1. The molecule has 4 rings (SSSR count). The van der Waals surface area contributed by atoms with Gasteiger partial charge in [-0.15, -0.1) is 5.10 Å². The highest BCUT2D eigenvalue weighted by Gasteiger charge is 2.30. The molecule has 1 aromatic heterocycles. The fraction of sp³-hybridized carbons (Fsp3) is 0.469. The van der Waals surface area contributed by atoms with Crippen molar-refractivity contribution in [2.24, 2.45) is 5.92 Å². The van der Waals surface area contributed by atoms with Crippen molar-refractivity contribution in [3.63, 3.8) is 0 Å². The van der Waals surface area contributed by atoms with Gasteiger partial charge in [-0.2, -0.15) is 0 Å². The summed E-state index contributed by atoms with van der Waals surface area (Å²) in [6.45, 7) is 5.59. The lowest BCUT2D eigenvalue weighted by atomic mass is 9.95. The number of aromatic nitrogens is 3. The maximum Gasteiger partial charge on any atom is 0.227 e. The van der Waals surface area contributed by atoms with Gasteiger partial charge < -0.3 is 29.5 Å². The van der Waals surface area contributed by atoms with Crippen molar-refractivity contribution in [3.05, 3.63) is 54.1 Å². The van der Waals surface area contributed by atoms with Gasteiger partial charge in [0, 0.05) is 50.0 Å². The number of Topliss-reactive ketones (excluding diaryl/α,β-unsaturated/α-hetero) is 1. The molecule has 0 bridgehead atoms. The minimum atomic E-state index is -1.09. The van der Waals surface area contributed by atoms with Gasteiger partial charge in [0.15, 0.2) is 6.23 Å². The number of nitrogens with one attached hydrogen (secondary N) is 1. The van der Waals surface area contributed by atoms with Gasteiger partial charge >= 0.3 is 0 Å². The number of ketones is 1. The fourth-order valence-corrected chi connectivity index (χ4v) is 4.88. The molecular formula is C32H41N5O7. The molecule has 1 atom stereocenters. The number of para-hydroxylation sites is 1. The molecule has 0 fully saturated rings. The second-order valence-electron chi connectivity index (χ2n) is 10.8. The number of ether oxygens (including phenoxy) is 3. The highest BCUT2D eigenvalue weighted by molar-refractivity contribution is 6.01. The minimum absolute atomic E-state index is 0.000414. The molecular weight excluding hydrogens is 566 g/mol. The zero-order valence-electron chi connectivity index (χ0n) is 25.5. The molecule has 0 spiro atoms. The Morgan fingerprint density at radius 2 is 1.68 bits per heavy atom. The van der Waals surface area contributed by atoms with E-state index in [9.17, 15) is 19.5 Å².